The molecule has 0 radical (unpaired) electrons. The molecule has 1 amide bonds. The fourth-order valence-corrected chi connectivity index (χ4v) is 5.34. The lowest BCUT2D eigenvalue weighted by molar-refractivity contribution is -0.138. The number of fused-ring (bicyclic) bond motifs is 2. The summed E-state index contributed by atoms with van der Waals surface area (Å²) in [5.74, 6) is -2.02. The first-order chi connectivity index (χ1) is 17.4. The monoisotopic (exact) mass is 487 g/mol. The van der Waals surface area contributed by atoms with E-state index < -0.39 is 17.7 Å². The predicted octanol–water partition coefficient (Wildman–Crippen LogP) is 4.30. The highest BCUT2D eigenvalue weighted by Crippen LogP contribution is 2.48. The van der Waals surface area contributed by atoms with Gasteiger partial charge in [0.25, 0.3) is 5.91 Å². The second-order valence-electron chi connectivity index (χ2n) is 9.61. The van der Waals surface area contributed by atoms with Crippen molar-refractivity contribution in [2.75, 3.05) is 6.54 Å². The fraction of sp³-hybridized carbons (Fsp3) is 0.333. The normalized spacial score (nSPS) is 21.0. The molecule has 0 saturated heterocycles. The van der Waals surface area contributed by atoms with Gasteiger partial charge in [-0.3, -0.25) is 9.59 Å². The third-order valence-corrected chi connectivity index (χ3v) is 7.49. The number of hydrogen-bond acceptors (Lipinski definition) is 4. The van der Waals surface area contributed by atoms with Crippen LogP contribution in [0.15, 0.2) is 48.7 Å². The molecule has 1 saturated carbocycles. The maximum Gasteiger partial charge on any atom is 0.307 e. The van der Waals surface area contributed by atoms with Crippen LogP contribution in [0.2, 0.25) is 0 Å². The van der Waals surface area contributed by atoms with E-state index in [0.717, 1.165) is 17.9 Å². The quantitative estimate of drug-likeness (QED) is 0.453. The van der Waals surface area contributed by atoms with Crippen LogP contribution in [-0.4, -0.2) is 47.6 Å². The molecule has 1 aliphatic heterocycles. The molecule has 0 spiro atoms. The van der Waals surface area contributed by atoms with Crippen LogP contribution in [0.1, 0.15) is 59.7 Å². The lowest BCUT2D eigenvalue weighted by atomic mass is 10.0. The number of halogens is 1. The minimum atomic E-state index is -0.846. The maximum atomic E-state index is 15.1. The number of carboxylic acid groups (broad SMARTS) is 1. The molecule has 2 aliphatic rings. The van der Waals surface area contributed by atoms with Crippen LogP contribution in [0.25, 0.3) is 16.9 Å². The fourth-order valence-electron chi connectivity index (χ4n) is 5.34. The molecule has 3 atom stereocenters. The molecule has 1 aliphatic carbocycles. The predicted molar refractivity (Wildman–Crippen MR) is 130 cm³/mol. The van der Waals surface area contributed by atoms with Crippen molar-refractivity contribution in [1.29, 1.82) is 0 Å². The Morgan fingerprint density at radius 1 is 1.17 bits per heavy atom. The van der Waals surface area contributed by atoms with E-state index in [1.165, 1.54) is 6.07 Å². The van der Waals surface area contributed by atoms with Gasteiger partial charge in [-0.05, 0) is 61.6 Å². The first kappa shape index (κ1) is 22.5. The van der Waals surface area contributed by atoms with Crippen molar-refractivity contribution in [3.8, 4) is 11.3 Å². The van der Waals surface area contributed by atoms with Gasteiger partial charge >= 0.3 is 5.97 Å². The minimum absolute atomic E-state index is 0.0652. The summed E-state index contributed by atoms with van der Waals surface area (Å²) in [5, 5.41) is 13.8. The largest absolute Gasteiger partial charge is 0.481 e. The van der Waals surface area contributed by atoms with Gasteiger partial charge in [-0.2, -0.15) is 5.10 Å². The number of carbonyl (C=O) groups excluding carboxylic acids is 1. The van der Waals surface area contributed by atoms with Gasteiger partial charge in [0.2, 0.25) is 0 Å². The van der Waals surface area contributed by atoms with E-state index in [-0.39, 0.29) is 17.9 Å². The zero-order valence-corrected chi connectivity index (χ0v) is 20.1. The van der Waals surface area contributed by atoms with Crippen molar-refractivity contribution < 1.29 is 19.1 Å². The smallest absolute Gasteiger partial charge is 0.307 e. The van der Waals surface area contributed by atoms with E-state index in [0.29, 0.717) is 47.5 Å². The zero-order chi connectivity index (χ0) is 25.1. The van der Waals surface area contributed by atoms with Crippen molar-refractivity contribution in [2.45, 2.75) is 45.2 Å². The summed E-state index contributed by atoms with van der Waals surface area (Å²) in [7, 11) is 0. The van der Waals surface area contributed by atoms with Gasteiger partial charge in [0, 0.05) is 42.3 Å². The van der Waals surface area contributed by atoms with Crippen LogP contribution < -0.4 is 0 Å². The van der Waals surface area contributed by atoms with Crippen LogP contribution in [0, 0.1) is 11.7 Å². The average molecular weight is 488 g/mol. The third-order valence-electron chi connectivity index (χ3n) is 7.49. The lowest BCUT2D eigenvalue weighted by Crippen LogP contribution is -2.41. The Morgan fingerprint density at radius 2 is 2.00 bits per heavy atom. The molecule has 6 rings (SSSR count). The van der Waals surface area contributed by atoms with E-state index in [1.54, 1.807) is 28.8 Å². The number of aliphatic carboxylic acids is 1. The molecular weight excluding hydrogens is 461 g/mol. The molecule has 36 heavy (non-hydrogen) atoms. The van der Waals surface area contributed by atoms with Crippen molar-refractivity contribution in [1.82, 2.24) is 24.1 Å². The first-order valence-corrected chi connectivity index (χ1v) is 12.2. The summed E-state index contributed by atoms with van der Waals surface area (Å²) in [6.07, 6.45) is 3.19. The minimum Gasteiger partial charge on any atom is -0.481 e. The SMILES string of the molecule is CCc1cc(C(=O)N2CCn3cccc3[C@H]2C)nc2cc(-c3ccc([C@H]4CC4C(=O)O)cc3F)nn12. The average Bonchev–Trinajstić information content (AvgIpc) is 3.33. The number of benzene rings is 1. The van der Waals surface area contributed by atoms with Crippen LogP contribution in [0.5, 0.6) is 0 Å². The molecule has 9 heteroatoms. The van der Waals surface area contributed by atoms with Gasteiger partial charge < -0.3 is 14.6 Å². The van der Waals surface area contributed by atoms with E-state index in [4.69, 9.17) is 5.11 Å². The number of carboxylic acids is 1. The zero-order valence-electron chi connectivity index (χ0n) is 20.1. The maximum absolute atomic E-state index is 15.1. The van der Waals surface area contributed by atoms with Crippen molar-refractivity contribution in [3.05, 3.63) is 77.1 Å². The second kappa shape index (κ2) is 8.29. The molecule has 1 unspecified atom stereocenters. The number of amides is 1. The first-order valence-electron chi connectivity index (χ1n) is 12.2. The summed E-state index contributed by atoms with van der Waals surface area (Å²) >= 11 is 0. The summed E-state index contributed by atoms with van der Waals surface area (Å²) in [5.41, 5.74) is 4.16. The Balaban J connectivity index is 1.33. The topological polar surface area (TPSA) is 92.7 Å². The number of aromatic nitrogens is 4. The Morgan fingerprint density at radius 3 is 2.72 bits per heavy atom. The van der Waals surface area contributed by atoms with Crippen molar-refractivity contribution in [3.63, 3.8) is 0 Å². The lowest BCUT2D eigenvalue weighted by Gasteiger charge is -2.34. The molecule has 1 fully saturated rings. The summed E-state index contributed by atoms with van der Waals surface area (Å²) in [6.45, 7) is 5.33. The molecule has 1 aromatic carbocycles. The molecule has 0 bridgehead atoms. The Bertz CT molecular complexity index is 1520. The summed E-state index contributed by atoms with van der Waals surface area (Å²) in [6, 6.07) is 12.2. The van der Waals surface area contributed by atoms with Crippen molar-refractivity contribution in [2.24, 2.45) is 5.92 Å². The highest BCUT2D eigenvalue weighted by Gasteiger charge is 2.44. The molecular formula is C27H26FN5O3. The molecule has 3 aromatic heterocycles. The van der Waals surface area contributed by atoms with Gasteiger partial charge in [0.15, 0.2) is 5.65 Å². The summed E-state index contributed by atoms with van der Waals surface area (Å²) < 4.78 is 18.9. The van der Waals surface area contributed by atoms with E-state index in [2.05, 4.69) is 14.6 Å². The molecule has 4 heterocycles. The van der Waals surface area contributed by atoms with Gasteiger partial charge in [0.05, 0.1) is 17.7 Å². The molecule has 8 nitrogen and oxygen atoms in total. The molecule has 184 valence electrons. The number of aryl methyl sites for hydroxylation is 1. The van der Waals surface area contributed by atoms with Crippen LogP contribution in [0.3, 0.4) is 0 Å². The standard InChI is InChI=1S/C27H26FN5O3/c1-3-17-12-23(26(34)32-10-9-31-8-4-5-24(31)15(32)2)29-25-14-22(30-33(17)25)18-7-6-16(11-21(18)28)19-13-20(19)27(35)36/h4-8,11-12,14-15,19-20H,3,9-10,13H2,1-2H3,(H,35,36)/t15-,19-,20?/m1/s1. The highest BCUT2D eigenvalue weighted by molar-refractivity contribution is 5.93. The van der Waals surface area contributed by atoms with Crippen LogP contribution in [0.4, 0.5) is 4.39 Å². The number of hydrogen-bond donors (Lipinski definition) is 1. The Kier molecular flexibility index (Phi) is 5.17. The third kappa shape index (κ3) is 3.57. The van der Waals surface area contributed by atoms with E-state index in [9.17, 15) is 9.59 Å². The highest BCUT2D eigenvalue weighted by atomic mass is 19.1. The van der Waals surface area contributed by atoms with Crippen LogP contribution >= 0.6 is 0 Å². The van der Waals surface area contributed by atoms with Gasteiger partial charge in [0.1, 0.15) is 11.5 Å². The molecule has 1 N–H and O–H groups in total. The number of rotatable bonds is 5. The van der Waals surface area contributed by atoms with E-state index >= 15 is 4.39 Å². The second-order valence-corrected chi connectivity index (χ2v) is 9.61. The Hall–Kier alpha value is -4.01. The summed E-state index contributed by atoms with van der Waals surface area (Å²) in [4.78, 5) is 31.1. The Labute approximate surface area is 207 Å². The number of nitrogens with zero attached hydrogens (tertiary/aromatic N) is 5. The van der Waals surface area contributed by atoms with Gasteiger partial charge in [-0.25, -0.2) is 13.9 Å². The van der Waals surface area contributed by atoms with Crippen LogP contribution in [-0.2, 0) is 17.8 Å². The van der Waals surface area contributed by atoms with Gasteiger partial charge in [-0.15, -0.1) is 0 Å². The van der Waals surface area contributed by atoms with Crippen molar-refractivity contribution >= 4 is 17.5 Å². The number of carbonyl (C=O) groups is 2. The van der Waals surface area contributed by atoms with Gasteiger partial charge in [-0.1, -0.05) is 13.0 Å². The molecule has 4 aromatic rings. The van der Waals surface area contributed by atoms with E-state index in [1.807, 2.05) is 37.1 Å².